The van der Waals surface area contributed by atoms with Crippen molar-refractivity contribution >= 4 is 0 Å². The molecule has 0 aliphatic heterocycles. The zero-order chi connectivity index (χ0) is 10.6. The smallest absolute Gasteiger partial charge is 0.148 e. The molecule has 4 nitrogen and oxygen atoms in total. The Labute approximate surface area is 85.2 Å². The highest BCUT2D eigenvalue weighted by Crippen LogP contribution is 2.00. The topological polar surface area (TPSA) is 47.9 Å². The quantitative estimate of drug-likeness (QED) is 0.489. The van der Waals surface area contributed by atoms with Crippen molar-refractivity contribution in [2.24, 2.45) is 0 Å². The third kappa shape index (κ3) is 7.87. The van der Waals surface area contributed by atoms with E-state index in [0.717, 1.165) is 0 Å². The van der Waals surface area contributed by atoms with Crippen LogP contribution in [0.5, 0.6) is 0 Å². The van der Waals surface area contributed by atoms with Crippen LogP contribution in [0.3, 0.4) is 0 Å². The Balaban J connectivity index is 3.78. The summed E-state index contributed by atoms with van der Waals surface area (Å²) in [6.45, 7) is 2.78. The van der Waals surface area contributed by atoms with E-state index in [4.69, 9.17) is 19.3 Å². The minimum absolute atomic E-state index is 0.142. The van der Waals surface area contributed by atoms with Gasteiger partial charge in [0.25, 0.3) is 0 Å². The molecule has 4 heteroatoms. The summed E-state index contributed by atoms with van der Waals surface area (Å²) in [5.41, 5.74) is 0. The van der Waals surface area contributed by atoms with Crippen molar-refractivity contribution in [2.45, 2.75) is 25.9 Å². The summed E-state index contributed by atoms with van der Waals surface area (Å²) < 4.78 is 14.9. The number of hydrogen-bond donors (Lipinski definition) is 1. The highest BCUT2D eigenvalue weighted by molar-refractivity contribution is 4.99. The molecule has 1 unspecified atom stereocenters. The summed E-state index contributed by atoms with van der Waals surface area (Å²) in [5, 5.41) is 8.65. The molecule has 82 valence electrons. The molecule has 14 heavy (non-hydrogen) atoms. The highest BCUT2D eigenvalue weighted by Gasteiger charge is 2.04. The first kappa shape index (κ1) is 13.2. The first-order valence-electron chi connectivity index (χ1n) is 4.68. The highest BCUT2D eigenvalue weighted by atomic mass is 16.7. The lowest BCUT2D eigenvalue weighted by molar-refractivity contribution is -0.0557. The van der Waals surface area contributed by atoms with E-state index in [1.165, 1.54) is 0 Å². The van der Waals surface area contributed by atoms with E-state index in [1.54, 1.807) is 7.11 Å². The predicted octanol–water partition coefficient (Wildman–Crippen LogP) is 0.745. The fourth-order valence-corrected chi connectivity index (χ4v) is 0.804. The maximum absolute atomic E-state index is 8.65. The van der Waals surface area contributed by atoms with E-state index in [1.807, 2.05) is 6.92 Å². The summed E-state index contributed by atoms with van der Waals surface area (Å²) in [7, 11) is 1.55. The van der Waals surface area contributed by atoms with Crippen LogP contribution in [0.1, 0.15) is 19.8 Å². The van der Waals surface area contributed by atoms with Gasteiger partial charge < -0.3 is 19.3 Å². The molecule has 0 aromatic heterocycles. The van der Waals surface area contributed by atoms with Gasteiger partial charge in [-0.1, -0.05) is 0 Å². The van der Waals surface area contributed by atoms with Crippen LogP contribution in [0.25, 0.3) is 0 Å². The van der Waals surface area contributed by atoms with Crippen molar-refractivity contribution < 1.29 is 19.3 Å². The Hall–Kier alpha value is -0.760. The zero-order valence-corrected chi connectivity index (χ0v) is 8.78. The van der Waals surface area contributed by atoms with E-state index >= 15 is 0 Å². The number of aliphatic hydroxyl groups excluding tert-OH is 1. The van der Waals surface area contributed by atoms with E-state index in [0.29, 0.717) is 19.4 Å². The van der Waals surface area contributed by atoms with Gasteiger partial charge in [0.15, 0.2) is 0 Å². The second-order valence-electron chi connectivity index (χ2n) is 2.61. The van der Waals surface area contributed by atoms with Crippen LogP contribution in [-0.4, -0.2) is 38.3 Å². The van der Waals surface area contributed by atoms with Crippen molar-refractivity contribution in [3.8, 4) is 12.0 Å². The lowest BCUT2D eigenvalue weighted by Gasteiger charge is -2.09. The molecule has 0 fully saturated rings. The lowest BCUT2D eigenvalue weighted by atomic mass is 10.2. The lowest BCUT2D eigenvalue weighted by Crippen LogP contribution is -2.13. The third-order valence-corrected chi connectivity index (χ3v) is 1.45. The Morgan fingerprint density at radius 3 is 2.79 bits per heavy atom. The molecule has 0 bridgehead atoms. The monoisotopic (exact) mass is 202 g/mol. The van der Waals surface area contributed by atoms with Crippen molar-refractivity contribution in [2.75, 3.05) is 27.1 Å². The van der Waals surface area contributed by atoms with E-state index < -0.39 is 0 Å². The first-order chi connectivity index (χ1) is 6.85. The molecule has 0 spiro atoms. The van der Waals surface area contributed by atoms with Crippen LogP contribution >= 0.6 is 0 Å². The molecule has 0 rings (SSSR count). The molecule has 1 N–H and O–H groups in total. The standard InChI is InChI=1S/C10H18O4/c1-3-13-8-6-10(5-4-7-11)14-9-12-2/h10-11H,3-5,7,9H2,1-2H3. The molecule has 0 saturated heterocycles. The van der Waals surface area contributed by atoms with Crippen LogP contribution in [0.2, 0.25) is 0 Å². The van der Waals surface area contributed by atoms with Gasteiger partial charge in [-0.05, 0) is 25.7 Å². The number of rotatable bonds is 7. The molecule has 1 atom stereocenters. The van der Waals surface area contributed by atoms with E-state index in [9.17, 15) is 0 Å². The average Bonchev–Trinajstić information content (AvgIpc) is 2.21. The molecular weight excluding hydrogens is 184 g/mol. The second kappa shape index (κ2) is 10.3. The summed E-state index contributed by atoms with van der Waals surface area (Å²) in [6.07, 6.45) is 3.66. The van der Waals surface area contributed by atoms with Gasteiger partial charge >= 0.3 is 0 Å². The van der Waals surface area contributed by atoms with Gasteiger partial charge in [0.1, 0.15) is 19.0 Å². The molecule has 0 radical (unpaired) electrons. The Kier molecular flexibility index (Phi) is 9.76. The number of hydrogen-bond acceptors (Lipinski definition) is 4. The van der Waals surface area contributed by atoms with Crippen molar-refractivity contribution in [3.05, 3.63) is 0 Å². The van der Waals surface area contributed by atoms with Gasteiger partial charge in [0.2, 0.25) is 0 Å². The largest absolute Gasteiger partial charge is 0.447 e. The maximum atomic E-state index is 8.65. The summed E-state index contributed by atoms with van der Waals surface area (Å²) in [4.78, 5) is 0. The van der Waals surface area contributed by atoms with Crippen LogP contribution in [0.15, 0.2) is 0 Å². The van der Waals surface area contributed by atoms with Gasteiger partial charge in [0.05, 0.1) is 6.61 Å². The zero-order valence-electron chi connectivity index (χ0n) is 8.78. The van der Waals surface area contributed by atoms with Crippen LogP contribution in [0, 0.1) is 12.0 Å². The average molecular weight is 202 g/mol. The number of ether oxygens (including phenoxy) is 3. The van der Waals surface area contributed by atoms with Crippen LogP contribution < -0.4 is 0 Å². The van der Waals surface area contributed by atoms with Gasteiger partial charge in [0, 0.05) is 13.7 Å². The Bertz CT molecular complexity index is 163. The molecular formula is C10H18O4. The fraction of sp³-hybridized carbons (Fsp3) is 0.800. The van der Waals surface area contributed by atoms with E-state index in [-0.39, 0.29) is 19.5 Å². The molecule has 0 aliphatic rings. The van der Waals surface area contributed by atoms with Crippen molar-refractivity contribution in [3.63, 3.8) is 0 Å². The molecule has 0 amide bonds. The van der Waals surface area contributed by atoms with Crippen LogP contribution in [-0.2, 0) is 14.2 Å². The van der Waals surface area contributed by atoms with Crippen molar-refractivity contribution in [1.82, 2.24) is 0 Å². The molecule has 0 aliphatic carbocycles. The number of aliphatic hydroxyl groups is 1. The van der Waals surface area contributed by atoms with E-state index in [2.05, 4.69) is 12.0 Å². The minimum atomic E-state index is -0.228. The fourth-order valence-electron chi connectivity index (χ4n) is 0.804. The SMILES string of the molecule is CCOC#CC(CCCO)OCOC. The Morgan fingerprint density at radius 1 is 1.43 bits per heavy atom. The summed E-state index contributed by atoms with van der Waals surface area (Å²) in [5.74, 6) is 2.80. The molecule has 0 heterocycles. The van der Waals surface area contributed by atoms with Gasteiger partial charge in [-0.3, -0.25) is 0 Å². The molecule has 0 aromatic rings. The Morgan fingerprint density at radius 2 is 2.21 bits per heavy atom. The van der Waals surface area contributed by atoms with Gasteiger partial charge in [-0.15, -0.1) is 0 Å². The first-order valence-corrected chi connectivity index (χ1v) is 4.68. The van der Waals surface area contributed by atoms with Gasteiger partial charge in [-0.2, -0.15) is 0 Å². The molecule has 0 aromatic carbocycles. The summed E-state index contributed by atoms with van der Waals surface area (Å²) in [6, 6.07) is 0. The van der Waals surface area contributed by atoms with Crippen molar-refractivity contribution in [1.29, 1.82) is 0 Å². The normalized spacial score (nSPS) is 11.6. The molecule has 0 saturated carbocycles. The summed E-state index contributed by atoms with van der Waals surface area (Å²) >= 11 is 0. The van der Waals surface area contributed by atoms with Gasteiger partial charge in [-0.25, -0.2) is 0 Å². The van der Waals surface area contributed by atoms with Crippen LogP contribution in [0.4, 0.5) is 0 Å². The maximum Gasteiger partial charge on any atom is 0.148 e. The minimum Gasteiger partial charge on any atom is -0.447 e. The third-order valence-electron chi connectivity index (χ3n) is 1.45. The second-order valence-corrected chi connectivity index (χ2v) is 2.61. The number of methoxy groups -OCH3 is 1. The predicted molar refractivity (Wildman–Crippen MR) is 52.5 cm³/mol.